The first-order valence-corrected chi connectivity index (χ1v) is 6.62. The molecule has 0 aromatic carbocycles. The van der Waals surface area contributed by atoms with E-state index in [1.54, 1.807) is 0 Å². The van der Waals surface area contributed by atoms with Crippen molar-refractivity contribution in [3.05, 3.63) is 0 Å². The van der Waals surface area contributed by atoms with Gasteiger partial charge in [0.1, 0.15) is 0 Å². The summed E-state index contributed by atoms with van der Waals surface area (Å²) in [6.45, 7) is 0. The van der Waals surface area contributed by atoms with Crippen LogP contribution in [-0.2, 0) is 52.1 Å². The molecule has 0 atom stereocenters. The maximum absolute atomic E-state index is 9.32. The Hall–Kier alpha value is 2.41. The zero-order chi connectivity index (χ0) is 12.2. The van der Waals surface area contributed by atoms with Crippen LogP contribution in [0.4, 0.5) is 0 Å². The molecule has 0 spiro atoms. The molecule has 0 fully saturated rings. The third-order valence-corrected chi connectivity index (χ3v) is 1.80. The molecular weight excluding hydrogens is 411 g/mol. The second-order valence-corrected chi connectivity index (χ2v) is 4.82. The molecule has 0 heterocycles. The van der Waals surface area contributed by atoms with Gasteiger partial charge in [0.2, 0.25) is 0 Å². The molecule has 0 aromatic heterocycles. The van der Waals surface area contributed by atoms with E-state index in [1.807, 2.05) is 0 Å². The van der Waals surface area contributed by atoms with Gasteiger partial charge in [0.25, 0.3) is 0 Å². The molecule has 0 aliphatic heterocycles. The topological polar surface area (TPSA) is 219 Å². The van der Waals surface area contributed by atoms with Crippen molar-refractivity contribution in [1.82, 2.24) is 0 Å². The van der Waals surface area contributed by atoms with Crippen molar-refractivity contribution >= 4 is 23.5 Å². The molecule has 0 saturated carbocycles. The van der Waals surface area contributed by atoms with Crippen molar-refractivity contribution in [2.45, 2.75) is 0 Å². The second kappa shape index (κ2) is 12.2. The molecule has 1 N–H and O–H groups in total. The van der Waals surface area contributed by atoms with Gasteiger partial charge in [-0.1, -0.05) is 0 Å². The Balaban J connectivity index is -0.0000000533. The Bertz CT molecular complexity index is 270. The predicted octanol–water partition coefficient (Wildman–Crippen LogP) is -8.53. The molecule has 102 valence electrons. The fourth-order valence-corrected chi connectivity index (χ4v) is 1.10. The Morgan fingerprint density at radius 2 is 0.941 bits per heavy atom. The van der Waals surface area contributed by atoms with E-state index >= 15 is 0 Å². The fourth-order valence-electron chi connectivity index (χ4n) is 0.122. The number of rotatable bonds is 2. The van der Waals surface area contributed by atoms with Crippen LogP contribution in [0.3, 0.4) is 0 Å². The van der Waals surface area contributed by atoms with Gasteiger partial charge in [-0.2, -0.15) is 0 Å². The summed E-state index contributed by atoms with van der Waals surface area (Å²) in [7, 11) is -16.5. The van der Waals surface area contributed by atoms with Crippen molar-refractivity contribution in [3.63, 3.8) is 0 Å². The van der Waals surface area contributed by atoms with Gasteiger partial charge >= 0.3 is 63.7 Å². The van der Waals surface area contributed by atoms with Gasteiger partial charge < -0.3 is 52.3 Å². The quantitative estimate of drug-likeness (QED) is 0.331. The van der Waals surface area contributed by atoms with E-state index in [9.17, 15) is 28.7 Å². The van der Waals surface area contributed by atoms with E-state index in [0.29, 0.717) is 0 Å². The second-order valence-electron chi connectivity index (χ2n) is 1.44. The third-order valence-electron chi connectivity index (χ3n) is 0.200. The zero-order valence-electron chi connectivity index (χ0n) is 7.53. The van der Waals surface area contributed by atoms with Crippen LogP contribution < -0.4 is 58.9 Å². The van der Waals surface area contributed by atoms with Crippen molar-refractivity contribution in [2.75, 3.05) is 0 Å². The van der Waals surface area contributed by atoms with Crippen LogP contribution in [0.1, 0.15) is 0 Å². The molecule has 0 unspecified atom stereocenters. The molecule has 0 amide bonds. The predicted molar refractivity (Wildman–Crippen MR) is 26.1 cm³/mol. The molecule has 0 saturated heterocycles. The molecule has 17 heavy (non-hydrogen) atoms. The third kappa shape index (κ3) is 70.1. The van der Waals surface area contributed by atoms with Crippen molar-refractivity contribution in [3.8, 4) is 0 Å². The van der Waals surface area contributed by atoms with E-state index in [-0.39, 0.29) is 63.7 Å². The summed E-state index contributed by atoms with van der Waals surface area (Å²) in [5, 5.41) is 0. The Kier molecular flexibility index (Phi) is 22.7. The SMILES string of the molecule is O=P([O-])([O-])O.O=P([O-])([O-])OP(=O)([O-])[O-].[Cu+2].[Fe+3].[Na+]. The van der Waals surface area contributed by atoms with Gasteiger partial charge in [0.05, 0.1) is 23.5 Å². The van der Waals surface area contributed by atoms with Crippen LogP contribution >= 0.6 is 23.5 Å². The summed E-state index contributed by atoms with van der Waals surface area (Å²) in [6, 6.07) is 0. The molecule has 0 rings (SSSR count). The molecule has 2 radical (unpaired) electrons. The summed E-state index contributed by atoms with van der Waals surface area (Å²) in [4.78, 5) is 61.6. The maximum Gasteiger partial charge on any atom is 3.00 e. The largest absolute Gasteiger partial charge is 3.00 e. The maximum atomic E-state index is 9.32. The van der Waals surface area contributed by atoms with Gasteiger partial charge in [-0.15, -0.1) is 0 Å². The first kappa shape index (κ1) is 31.7. The zero-order valence-corrected chi connectivity index (χ0v) is 14.3. The van der Waals surface area contributed by atoms with E-state index < -0.39 is 23.5 Å². The number of hydrogen-bond acceptors (Lipinski definition) is 10. The monoisotopic (exact) mass is 412 g/mol. The fraction of sp³-hybridized carbons (Fsp3) is 0. The van der Waals surface area contributed by atoms with Crippen molar-refractivity contribution in [1.29, 1.82) is 0 Å². The molecule has 0 aliphatic rings. The van der Waals surface area contributed by atoms with Crippen LogP contribution in [0.25, 0.3) is 0 Å². The van der Waals surface area contributed by atoms with Crippen LogP contribution in [0.2, 0.25) is 0 Å². The minimum Gasteiger partial charge on any atom is -0.790 e. The summed E-state index contributed by atoms with van der Waals surface area (Å²) in [5.41, 5.74) is 0. The summed E-state index contributed by atoms with van der Waals surface area (Å²) in [6.07, 6.45) is 0. The number of hydrogen-bond donors (Lipinski definition) is 1. The summed E-state index contributed by atoms with van der Waals surface area (Å²) >= 11 is 0. The first-order chi connectivity index (χ1) is 5.71. The van der Waals surface area contributed by atoms with Gasteiger partial charge in [-0.25, -0.2) is 0 Å². The van der Waals surface area contributed by atoms with E-state index in [1.165, 1.54) is 0 Å². The van der Waals surface area contributed by atoms with Crippen LogP contribution in [0.15, 0.2) is 0 Å². The minimum atomic E-state index is -5.68. The van der Waals surface area contributed by atoms with Gasteiger partial charge in [0.15, 0.2) is 0 Å². The molecular formula is HCuFeNaO11P3. The normalized spacial score (nSPS) is 10.8. The summed E-state index contributed by atoms with van der Waals surface area (Å²) in [5.74, 6) is 0. The van der Waals surface area contributed by atoms with Crippen LogP contribution in [0.5, 0.6) is 0 Å². The average Bonchev–Trinajstić information content (AvgIpc) is 1.42. The van der Waals surface area contributed by atoms with Gasteiger partial charge in [-0.05, 0) is 0 Å². The average molecular weight is 412 g/mol. The summed E-state index contributed by atoms with van der Waals surface area (Å²) < 4.78 is 29.8. The van der Waals surface area contributed by atoms with Gasteiger partial charge in [0, 0.05) is 0 Å². The molecule has 0 aliphatic carbocycles. The van der Waals surface area contributed by atoms with Crippen LogP contribution in [0, 0.1) is 0 Å². The number of phosphoric acid groups is 3. The standard InChI is InChI=1S/Cu.Fe.Na.H4O7P2.H3O4P/c;;;1-8(2,3)7-9(4,5)6;1-5(2,3)4/h;;;(H2,1,2,3)(H2,4,5,6);(H3,1,2,3,4)/q+2;+3;+1;;/p-6. The van der Waals surface area contributed by atoms with E-state index in [2.05, 4.69) is 4.31 Å². The molecule has 0 aromatic rings. The molecule has 17 heteroatoms. The van der Waals surface area contributed by atoms with Gasteiger partial charge in [-0.3, -0.25) is 0 Å². The minimum absolute atomic E-state index is 0. The Morgan fingerprint density at radius 1 is 0.824 bits per heavy atom. The van der Waals surface area contributed by atoms with E-state index in [0.717, 1.165) is 0 Å². The Morgan fingerprint density at radius 3 is 0.941 bits per heavy atom. The first-order valence-electron chi connectivity index (χ1n) is 2.21. The van der Waals surface area contributed by atoms with E-state index in [4.69, 9.17) is 19.2 Å². The molecule has 11 nitrogen and oxygen atoms in total. The van der Waals surface area contributed by atoms with Crippen LogP contribution in [-0.4, -0.2) is 4.89 Å². The smallest absolute Gasteiger partial charge is 0.790 e. The van der Waals surface area contributed by atoms with Crippen molar-refractivity contribution < 1.29 is 116 Å². The molecule has 0 bridgehead atoms. The Labute approximate surface area is 138 Å². The van der Waals surface area contributed by atoms with Crippen molar-refractivity contribution in [2.24, 2.45) is 0 Å².